The second-order valence-corrected chi connectivity index (χ2v) is 9.65. The number of rotatable bonds is 5. The van der Waals surface area contributed by atoms with Crippen LogP contribution in [0, 0.1) is 19.8 Å². The molecule has 1 aliphatic heterocycles. The SMILES string of the molecule is COc1ccc(S(=O)(=O)N2CCCC(C(=O)Nc3cc(C)ccc3C)C2)cc1Cl. The molecular formula is C21H25ClN2O4S. The van der Waals surface area contributed by atoms with Crippen LogP contribution in [0.2, 0.25) is 5.02 Å². The number of hydrogen-bond acceptors (Lipinski definition) is 4. The topological polar surface area (TPSA) is 75.7 Å². The molecule has 0 spiro atoms. The van der Waals surface area contributed by atoms with Crippen molar-refractivity contribution >= 4 is 33.2 Å². The number of benzene rings is 2. The molecule has 1 saturated heterocycles. The van der Waals surface area contributed by atoms with Crippen molar-refractivity contribution < 1.29 is 17.9 Å². The standard InChI is InChI=1S/C21H25ClN2O4S/c1-14-6-7-15(2)19(11-14)23-21(25)16-5-4-10-24(13-16)29(26,27)17-8-9-20(28-3)18(22)12-17/h6-9,11-12,16H,4-5,10,13H2,1-3H3,(H,23,25). The number of amides is 1. The van der Waals surface area contributed by atoms with Gasteiger partial charge in [0, 0.05) is 18.8 Å². The highest BCUT2D eigenvalue weighted by Crippen LogP contribution is 2.30. The first-order valence-corrected chi connectivity index (χ1v) is 11.3. The lowest BCUT2D eigenvalue weighted by Gasteiger charge is -2.31. The third-order valence-electron chi connectivity index (χ3n) is 5.17. The lowest BCUT2D eigenvalue weighted by atomic mass is 9.98. The van der Waals surface area contributed by atoms with E-state index in [0.29, 0.717) is 25.1 Å². The van der Waals surface area contributed by atoms with Gasteiger partial charge in [-0.15, -0.1) is 0 Å². The monoisotopic (exact) mass is 436 g/mol. The van der Waals surface area contributed by atoms with Crippen molar-refractivity contribution in [2.75, 3.05) is 25.5 Å². The molecule has 156 valence electrons. The smallest absolute Gasteiger partial charge is 0.243 e. The van der Waals surface area contributed by atoms with E-state index in [1.807, 2.05) is 32.0 Å². The van der Waals surface area contributed by atoms with Crippen LogP contribution in [0.3, 0.4) is 0 Å². The Morgan fingerprint density at radius 2 is 1.97 bits per heavy atom. The molecule has 1 N–H and O–H groups in total. The Balaban J connectivity index is 1.76. The minimum Gasteiger partial charge on any atom is -0.495 e. The zero-order chi connectivity index (χ0) is 21.2. The van der Waals surface area contributed by atoms with Crippen molar-refractivity contribution in [1.82, 2.24) is 4.31 Å². The van der Waals surface area contributed by atoms with Crippen molar-refractivity contribution in [3.05, 3.63) is 52.5 Å². The zero-order valence-corrected chi connectivity index (χ0v) is 18.3. The van der Waals surface area contributed by atoms with E-state index in [0.717, 1.165) is 16.8 Å². The van der Waals surface area contributed by atoms with E-state index in [4.69, 9.17) is 16.3 Å². The Labute approximate surface area is 176 Å². The van der Waals surface area contributed by atoms with Gasteiger partial charge in [0.25, 0.3) is 0 Å². The first-order valence-electron chi connectivity index (χ1n) is 9.44. The van der Waals surface area contributed by atoms with Gasteiger partial charge in [0.15, 0.2) is 0 Å². The minimum absolute atomic E-state index is 0.0962. The highest BCUT2D eigenvalue weighted by molar-refractivity contribution is 7.89. The van der Waals surface area contributed by atoms with Crippen LogP contribution < -0.4 is 10.1 Å². The van der Waals surface area contributed by atoms with Crippen LogP contribution in [0.15, 0.2) is 41.3 Å². The van der Waals surface area contributed by atoms with Crippen LogP contribution in [0.1, 0.15) is 24.0 Å². The number of piperidine rings is 1. The van der Waals surface area contributed by atoms with Crippen LogP contribution in [-0.4, -0.2) is 38.8 Å². The minimum atomic E-state index is -3.75. The Kier molecular flexibility index (Phi) is 6.51. The summed E-state index contributed by atoms with van der Waals surface area (Å²) in [5.74, 6) is -0.159. The molecule has 1 heterocycles. The Morgan fingerprint density at radius 3 is 2.66 bits per heavy atom. The molecule has 1 unspecified atom stereocenters. The second kappa shape index (κ2) is 8.73. The maximum Gasteiger partial charge on any atom is 0.243 e. The highest BCUT2D eigenvalue weighted by Gasteiger charge is 2.33. The fourth-order valence-electron chi connectivity index (χ4n) is 3.44. The number of nitrogens with one attached hydrogen (secondary N) is 1. The molecule has 2 aromatic carbocycles. The number of ether oxygens (including phenoxy) is 1. The normalized spacial score (nSPS) is 17.7. The van der Waals surface area contributed by atoms with Gasteiger partial charge in [-0.2, -0.15) is 4.31 Å². The summed E-state index contributed by atoms with van der Waals surface area (Å²) in [4.78, 5) is 12.9. The first kappa shape index (κ1) is 21.6. The molecule has 0 saturated carbocycles. The number of sulfonamides is 1. The number of halogens is 1. The zero-order valence-electron chi connectivity index (χ0n) is 16.7. The molecule has 0 aliphatic carbocycles. The number of anilines is 1. The van der Waals surface area contributed by atoms with E-state index in [2.05, 4.69) is 5.32 Å². The molecular weight excluding hydrogens is 412 g/mol. The van der Waals surface area contributed by atoms with Gasteiger partial charge >= 0.3 is 0 Å². The fraction of sp³-hybridized carbons (Fsp3) is 0.381. The van der Waals surface area contributed by atoms with E-state index in [9.17, 15) is 13.2 Å². The van der Waals surface area contributed by atoms with Gasteiger partial charge in [0.2, 0.25) is 15.9 Å². The van der Waals surface area contributed by atoms with Crippen molar-refractivity contribution in [3.8, 4) is 5.75 Å². The second-order valence-electron chi connectivity index (χ2n) is 7.31. The molecule has 0 aromatic heterocycles. The first-order chi connectivity index (χ1) is 13.7. The molecule has 1 atom stereocenters. The summed E-state index contributed by atoms with van der Waals surface area (Å²) in [5.41, 5.74) is 2.78. The van der Waals surface area contributed by atoms with Crippen molar-refractivity contribution in [1.29, 1.82) is 0 Å². The van der Waals surface area contributed by atoms with Gasteiger partial charge in [-0.1, -0.05) is 23.7 Å². The van der Waals surface area contributed by atoms with E-state index in [-0.39, 0.29) is 22.4 Å². The number of carbonyl (C=O) groups is 1. The highest BCUT2D eigenvalue weighted by atomic mass is 35.5. The van der Waals surface area contributed by atoms with Crippen LogP contribution in [0.4, 0.5) is 5.69 Å². The fourth-order valence-corrected chi connectivity index (χ4v) is 5.31. The molecule has 1 aliphatic rings. The van der Waals surface area contributed by atoms with E-state index >= 15 is 0 Å². The van der Waals surface area contributed by atoms with Crippen molar-refractivity contribution in [2.24, 2.45) is 5.92 Å². The van der Waals surface area contributed by atoms with Crippen LogP contribution >= 0.6 is 11.6 Å². The van der Waals surface area contributed by atoms with Crippen LogP contribution in [0.25, 0.3) is 0 Å². The average molecular weight is 437 g/mol. The van der Waals surface area contributed by atoms with E-state index < -0.39 is 15.9 Å². The summed E-state index contributed by atoms with van der Waals surface area (Å²) in [5, 5.41) is 3.19. The predicted molar refractivity (Wildman–Crippen MR) is 114 cm³/mol. The van der Waals surface area contributed by atoms with Crippen LogP contribution in [0.5, 0.6) is 5.75 Å². The molecule has 8 heteroatoms. The van der Waals surface area contributed by atoms with Crippen molar-refractivity contribution in [3.63, 3.8) is 0 Å². The van der Waals surface area contributed by atoms with E-state index in [1.165, 1.54) is 29.6 Å². The summed E-state index contributed by atoms with van der Waals surface area (Å²) in [6.07, 6.45) is 1.26. The maximum absolute atomic E-state index is 13.1. The summed E-state index contributed by atoms with van der Waals surface area (Å²) in [6.45, 7) is 4.41. The molecule has 1 fully saturated rings. The quantitative estimate of drug-likeness (QED) is 0.768. The summed E-state index contributed by atoms with van der Waals surface area (Å²) in [7, 11) is -2.28. The van der Waals surface area contributed by atoms with Gasteiger partial charge in [-0.25, -0.2) is 8.42 Å². The predicted octanol–water partition coefficient (Wildman–Crippen LogP) is 4.00. The number of hydrogen-bond donors (Lipinski definition) is 1. The van der Waals surface area contributed by atoms with Gasteiger partial charge in [0.05, 0.1) is 22.9 Å². The van der Waals surface area contributed by atoms with Gasteiger partial charge < -0.3 is 10.1 Å². The van der Waals surface area contributed by atoms with Gasteiger partial charge in [0.1, 0.15) is 5.75 Å². The third kappa shape index (κ3) is 4.74. The lowest BCUT2D eigenvalue weighted by Crippen LogP contribution is -2.43. The Hall–Kier alpha value is -2.09. The molecule has 6 nitrogen and oxygen atoms in total. The molecule has 3 rings (SSSR count). The summed E-state index contributed by atoms with van der Waals surface area (Å²) >= 11 is 6.10. The van der Waals surface area contributed by atoms with Crippen LogP contribution in [-0.2, 0) is 14.8 Å². The largest absolute Gasteiger partial charge is 0.495 e. The van der Waals surface area contributed by atoms with E-state index in [1.54, 1.807) is 0 Å². The van der Waals surface area contributed by atoms with Gasteiger partial charge in [-0.3, -0.25) is 4.79 Å². The number of carbonyl (C=O) groups excluding carboxylic acids is 1. The van der Waals surface area contributed by atoms with Crippen molar-refractivity contribution in [2.45, 2.75) is 31.6 Å². The number of methoxy groups -OCH3 is 1. The summed E-state index contributed by atoms with van der Waals surface area (Å²) < 4.78 is 32.6. The third-order valence-corrected chi connectivity index (χ3v) is 7.32. The Bertz CT molecular complexity index is 1020. The summed E-state index contributed by atoms with van der Waals surface area (Å²) in [6, 6.07) is 10.2. The Morgan fingerprint density at radius 1 is 1.21 bits per heavy atom. The number of aryl methyl sites for hydroxylation is 2. The molecule has 0 bridgehead atoms. The molecule has 0 radical (unpaired) electrons. The number of nitrogens with zero attached hydrogens (tertiary/aromatic N) is 1. The molecule has 2 aromatic rings. The maximum atomic E-state index is 13.1. The average Bonchev–Trinajstić information content (AvgIpc) is 2.70. The van der Waals surface area contributed by atoms with Gasteiger partial charge in [-0.05, 0) is 62.1 Å². The lowest BCUT2D eigenvalue weighted by molar-refractivity contribution is -0.120. The molecule has 1 amide bonds. The molecule has 29 heavy (non-hydrogen) atoms.